The van der Waals surface area contributed by atoms with Crippen molar-refractivity contribution in [2.24, 2.45) is 5.84 Å². The van der Waals surface area contributed by atoms with Gasteiger partial charge in [-0.05, 0) is 0 Å². The van der Waals surface area contributed by atoms with Gasteiger partial charge in [0.1, 0.15) is 0 Å². The number of hydrogen-bond acceptors (Lipinski definition) is 9. The normalized spacial score (nSPS) is 10.4. The second kappa shape index (κ2) is 5.49. The number of carbonyl (C=O) groups is 1. The van der Waals surface area contributed by atoms with Crippen molar-refractivity contribution in [3.8, 4) is 11.7 Å². The van der Waals surface area contributed by atoms with Crippen molar-refractivity contribution >= 4 is 23.4 Å². The average molecular weight is 285 g/mol. The first-order chi connectivity index (χ1) is 9.11. The minimum atomic E-state index is -0.627. The van der Waals surface area contributed by atoms with E-state index in [1.165, 1.54) is 6.07 Å². The van der Waals surface area contributed by atoms with Crippen LogP contribution in [0.15, 0.2) is 26.4 Å². The summed E-state index contributed by atoms with van der Waals surface area (Å²) in [4.78, 5) is 21.0. The van der Waals surface area contributed by atoms with Crippen LogP contribution in [0.4, 0.5) is 5.69 Å². The number of thioether (sulfide) groups is 1. The van der Waals surface area contributed by atoms with Crippen LogP contribution in [0.5, 0.6) is 0 Å². The summed E-state index contributed by atoms with van der Waals surface area (Å²) < 4.78 is 10.1. The molecule has 19 heavy (non-hydrogen) atoms. The van der Waals surface area contributed by atoms with E-state index in [0.717, 1.165) is 18.0 Å². The molecular weight excluding hydrogens is 278 g/mol. The van der Waals surface area contributed by atoms with E-state index in [9.17, 15) is 14.9 Å². The molecule has 10 nitrogen and oxygen atoms in total. The number of nitrogens with two attached hydrogens (primary N) is 1. The Morgan fingerprint density at radius 1 is 1.58 bits per heavy atom. The van der Waals surface area contributed by atoms with Crippen molar-refractivity contribution in [1.82, 2.24) is 15.6 Å². The van der Waals surface area contributed by atoms with Gasteiger partial charge >= 0.3 is 5.69 Å². The van der Waals surface area contributed by atoms with Crippen LogP contribution in [0.3, 0.4) is 0 Å². The largest absolute Gasteiger partial charge is 0.453 e. The molecule has 0 spiro atoms. The first kappa shape index (κ1) is 13.0. The molecule has 0 bridgehead atoms. The second-order valence-corrected chi connectivity index (χ2v) is 4.05. The lowest BCUT2D eigenvalue weighted by molar-refractivity contribution is -0.384. The maximum absolute atomic E-state index is 10.9. The summed E-state index contributed by atoms with van der Waals surface area (Å²) in [6, 6.07) is 1.17. The molecule has 2 aromatic heterocycles. The molecule has 0 aliphatic heterocycles. The molecule has 100 valence electrons. The molecule has 0 aliphatic rings. The van der Waals surface area contributed by atoms with Gasteiger partial charge < -0.3 is 8.83 Å². The van der Waals surface area contributed by atoms with Crippen LogP contribution >= 0.6 is 11.8 Å². The molecule has 0 aliphatic carbocycles. The molecule has 3 N–H and O–H groups in total. The number of nitrogens with one attached hydrogen (secondary N) is 1. The van der Waals surface area contributed by atoms with E-state index in [2.05, 4.69) is 10.2 Å². The van der Waals surface area contributed by atoms with E-state index in [-0.39, 0.29) is 28.3 Å². The summed E-state index contributed by atoms with van der Waals surface area (Å²) in [7, 11) is 0. The highest BCUT2D eigenvalue weighted by Gasteiger charge is 2.24. The van der Waals surface area contributed by atoms with E-state index in [1.807, 2.05) is 5.43 Å². The van der Waals surface area contributed by atoms with Crippen LogP contribution in [-0.2, 0) is 4.79 Å². The van der Waals surface area contributed by atoms with Gasteiger partial charge in [0.25, 0.3) is 16.9 Å². The number of carbonyl (C=O) groups excluding carboxylic acids is 1. The Hall–Kier alpha value is -2.40. The molecule has 2 rings (SSSR count). The fourth-order valence-corrected chi connectivity index (χ4v) is 1.71. The summed E-state index contributed by atoms with van der Waals surface area (Å²) >= 11 is 0.942. The Labute approximate surface area is 109 Å². The molecule has 0 saturated heterocycles. The molecular formula is C8H7N5O5S. The Kier molecular flexibility index (Phi) is 3.77. The highest BCUT2D eigenvalue weighted by molar-refractivity contribution is 7.99. The number of nitro groups is 1. The van der Waals surface area contributed by atoms with Crippen molar-refractivity contribution in [1.29, 1.82) is 0 Å². The van der Waals surface area contributed by atoms with Gasteiger partial charge in [-0.15, -0.1) is 10.2 Å². The molecule has 11 heteroatoms. The molecule has 0 atom stereocenters. The number of hydrogen-bond donors (Lipinski definition) is 2. The maximum Gasteiger partial charge on any atom is 0.320 e. The third kappa shape index (κ3) is 2.89. The number of rotatable bonds is 5. The third-order valence-corrected chi connectivity index (χ3v) is 2.75. The summed E-state index contributed by atoms with van der Waals surface area (Å²) in [5, 5.41) is 18.0. The molecule has 0 saturated carbocycles. The SMILES string of the molecule is NNC(=O)CSc1nnc(-c2occc2[N+](=O)[O-])o1. The lowest BCUT2D eigenvalue weighted by atomic mass is 10.4. The minimum absolute atomic E-state index is 0.0155. The van der Waals surface area contributed by atoms with Gasteiger partial charge in [0.15, 0.2) is 0 Å². The Morgan fingerprint density at radius 3 is 3.05 bits per heavy atom. The Bertz CT molecular complexity index is 608. The van der Waals surface area contributed by atoms with Crippen LogP contribution in [0, 0.1) is 10.1 Å². The quantitative estimate of drug-likeness (QED) is 0.260. The molecule has 0 unspecified atom stereocenters. The number of aromatic nitrogens is 2. The van der Waals surface area contributed by atoms with Gasteiger partial charge in [0.2, 0.25) is 5.91 Å². The van der Waals surface area contributed by atoms with Crippen molar-refractivity contribution in [2.75, 3.05) is 5.75 Å². The molecule has 1 amide bonds. The molecule has 2 aromatic rings. The van der Waals surface area contributed by atoms with Crippen LogP contribution in [0.1, 0.15) is 0 Å². The zero-order chi connectivity index (χ0) is 13.8. The number of hydrazine groups is 1. The van der Waals surface area contributed by atoms with Crippen molar-refractivity contribution in [2.45, 2.75) is 5.22 Å². The maximum atomic E-state index is 10.9. The number of furan rings is 1. The predicted octanol–water partition coefficient (Wildman–Crippen LogP) is 0.320. The van der Waals surface area contributed by atoms with Crippen LogP contribution in [0.2, 0.25) is 0 Å². The zero-order valence-corrected chi connectivity index (χ0v) is 10.0. The fourth-order valence-electron chi connectivity index (χ4n) is 1.14. The lowest BCUT2D eigenvalue weighted by Crippen LogP contribution is -2.31. The van der Waals surface area contributed by atoms with Crippen LogP contribution in [0.25, 0.3) is 11.7 Å². The molecule has 0 fully saturated rings. The van der Waals surface area contributed by atoms with Gasteiger partial charge in [-0.2, -0.15) is 0 Å². The van der Waals surface area contributed by atoms with E-state index in [1.54, 1.807) is 0 Å². The minimum Gasteiger partial charge on any atom is -0.453 e. The first-order valence-corrected chi connectivity index (χ1v) is 5.78. The van der Waals surface area contributed by atoms with Gasteiger partial charge in [-0.1, -0.05) is 11.8 Å². The summed E-state index contributed by atoms with van der Waals surface area (Å²) in [5.41, 5.74) is 1.66. The Morgan fingerprint density at radius 2 is 2.37 bits per heavy atom. The smallest absolute Gasteiger partial charge is 0.320 e. The molecule has 0 radical (unpaired) electrons. The van der Waals surface area contributed by atoms with Crippen LogP contribution in [-0.4, -0.2) is 26.8 Å². The van der Waals surface area contributed by atoms with Crippen molar-refractivity contribution < 1.29 is 18.6 Å². The summed E-state index contributed by atoms with van der Waals surface area (Å²) in [5.74, 6) is 4.20. The topological polar surface area (TPSA) is 150 Å². The monoisotopic (exact) mass is 285 g/mol. The van der Waals surface area contributed by atoms with Crippen molar-refractivity contribution in [3.05, 3.63) is 22.4 Å². The van der Waals surface area contributed by atoms with E-state index in [4.69, 9.17) is 14.7 Å². The van der Waals surface area contributed by atoms with Crippen LogP contribution < -0.4 is 11.3 Å². The van der Waals surface area contributed by atoms with Crippen molar-refractivity contribution in [3.63, 3.8) is 0 Å². The van der Waals surface area contributed by atoms with E-state index >= 15 is 0 Å². The summed E-state index contributed by atoms with van der Waals surface area (Å²) in [6.07, 6.45) is 1.15. The lowest BCUT2D eigenvalue weighted by Gasteiger charge is -1.94. The van der Waals surface area contributed by atoms with Gasteiger partial charge in [-0.25, -0.2) is 5.84 Å². The predicted molar refractivity (Wildman–Crippen MR) is 61.7 cm³/mol. The number of nitrogens with zero attached hydrogens (tertiary/aromatic N) is 3. The molecule has 0 aromatic carbocycles. The highest BCUT2D eigenvalue weighted by atomic mass is 32.2. The summed E-state index contributed by atoms with van der Waals surface area (Å²) in [6.45, 7) is 0. The van der Waals surface area contributed by atoms with E-state index in [0.29, 0.717) is 0 Å². The van der Waals surface area contributed by atoms with Gasteiger partial charge in [0.05, 0.1) is 23.0 Å². The number of amides is 1. The zero-order valence-electron chi connectivity index (χ0n) is 9.23. The first-order valence-electron chi connectivity index (χ1n) is 4.80. The second-order valence-electron chi connectivity index (χ2n) is 3.12. The van der Waals surface area contributed by atoms with E-state index < -0.39 is 10.8 Å². The highest BCUT2D eigenvalue weighted by Crippen LogP contribution is 2.31. The fraction of sp³-hybridized carbons (Fsp3) is 0.125. The average Bonchev–Trinajstić information content (AvgIpc) is 3.03. The molecule has 2 heterocycles. The standard InChI is InChI=1S/C8H7N5O5S/c9-10-5(14)3-19-8-12-11-7(18-8)6-4(13(15)16)1-2-17-6/h1-2H,3,9H2,(H,10,14). The Balaban J connectivity index is 2.14. The van der Waals surface area contributed by atoms with Gasteiger partial charge in [0, 0.05) is 0 Å². The third-order valence-electron chi connectivity index (χ3n) is 1.93. The van der Waals surface area contributed by atoms with Gasteiger partial charge in [-0.3, -0.25) is 20.3 Å².